The average molecular weight is 692 g/mol. The van der Waals surface area contributed by atoms with Crippen LogP contribution in [-0.2, 0) is 5.67 Å². The van der Waals surface area contributed by atoms with Crippen LogP contribution in [0.4, 0.5) is 10.2 Å². The lowest BCUT2D eigenvalue weighted by atomic mass is 9.88. The Hall–Kier alpha value is -4.01. The zero-order valence-electron chi connectivity index (χ0n) is 32.9. The minimum absolute atomic E-state index is 0.0199. The van der Waals surface area contributed by atoms with Crippen LogP contribution in [-0.4, -0.2) is 48.4 Å². The first-order valence-corrected chi connectivity index (χ1v) is 19.3. The fraction of sp³-hybridized carbons (Fsp3) is 0.478. The van der Waals surface area contributed by atoms with E-state index in [1.165, 1.54) is 44.5 Å². The predicted molar refractivity (Wildman–Crippen MR) is 218 cm³/mol. The van der Waals surface area contributed by atoms with Crippen LogP contribution in [0.2, 0.25) is 0 Å². The minimum Gasteiger partial charge on any atom is -0.356 e. The van der Waals surface area contributed by atoms with Gasteiger partial charge in [0.1, 0.15) is 11.5 Å². The molecule has 4 aromatic rings. The van der Waals surface area contributed by atoms with Crippen LogP contribution in [0.15, 0.2) is 72.8 Å². The van der Waals surface area contributed by atoms with Crippen molar-refractivity contribution in [3.8, 4) is 23.5 Å². The number of aromatic nitrogens is 1. The van der Waals surface area contributed by atoms with E-state index >= 15 is 0 Å². The van der Waals surface area contributed by atoms with E-state index in [0.717, 1.165) is 65.3 Å². The summed E-state index contributed by atoms with van der Waals surface area (Å²) < 4.78 is 14.3. The standard InChI is InChI=1S/C33H31FN2O.C11H25N.C2H6/c1-5-23-8-10-24(11-9-23)26-14-17-31-30(19-26)29(22(2)37)20-32(35-31)36-18-6-7-27(21-36)25-12-15-28(16-13-25)33(3,4)34;1-5-8-9-11(4)10-12(6-2)7-3;1-2/h1,8-17,19-20,27H,6-7,18,21H2,2-4H3;11H,5-10H2,1-4H3;1-2H3. The van der Waals surface area contributed by atoms with Crippen LogP contribution in [0.3, 0.4) is 0 Å². The summed E-state index contributed by atoms with van der Waals surface area (Å²) in [6.45, 7) is 23.3. The molecule has 2 unspecified atom stereocenters. The summed E-state index contributed by atoms with van der Waals surface area (Å²) in [6.07, 6.45) is 11.7. The number of anilines is 1. The van der Waals surface area contributed by atoms with Crippen molar-refractivity contribution in [1.29, 1.82) is 0 Å². The molecule has 51 heavy (non-hydrogen) atoms. The number of nitrogens with zero attached hydrogens (tertiary/aromatic N) is 3. The summed E-state index contributed by atoms with van der Waals surface area (Å²) in [5, 5.41) is 0.854. The molecule has 0 aliphatic carbocycles. The molecular formula is C46H62FN3O. The summed E-state index contributed by atoms with van der Waals surface area (Å²) in [7, 11) is 0. The number of hydrogen-bond donors (Lipinski definition) is 0. The Labute approximate surface area is 308 Å². The molecule has 5 rings (SSSR count). The average Bonchev–Trinajstić information content (AvgIpc) is 3.16. The van der Waals surface area contributed by atoms with Crippen LogP contribution in [0.5, 0.6) is 0 Å². The Kier molecular flexibility index (Phi) is 16.4. The highest BCUT2D eigenvalue weighted by Crippen LogP contribution is 2.34. The first-order chi connectivity index (χ1) is 24.5. The van der Waals surface area contributed by atoms with Gasteiger partial charge in [0.15, 0.2) is 5.78 Å². The van der Waals surface area contributed by atoms with Gasteiger partial charge in [0.25, 0.3) is 0 Å². The van der Waals surface area contributed by atoms with E-state index < -0.39 is 5.67 Å². The molecule has 0 radical (unpaired) electrons. The van der Waals surface area contributed by atoms with Crippen LogP contribution in [0.1, 0.15) is 127 Å². The number of halogens is 1. The van der Waals surface area contributed by atoms with Gasteiger partial charge in [-0.1, -0.05) is 103 Å². The van der Waals surface area contributed by atoms with Gasteiger partial charge in [-0.2, -0.15) is 0 Å². The summed E-state index contributed by atoms with van der Waals surface area (Å²) in [6, 6.07) is 23.8. The van der Waals surface area contributed by atoms with Crippen molar-refractivity contribution in [2.24, 2.45) is 5.92 Å². The van der Waals surface area contributed by atoms with Crippen molar-refractivity contribution in [2.75, 3.05) is 37.6 Å². The van der Waals surface area contributed by atoms with E-state index in [9.17, 15) is 9.18 Å². The molecule has 2 heterocycles. The summed E-state index contributed by atoms with van der Waals surface area (Å²) in [5.41, 5.74) is 4.94. The smallest absolute Gasteiger partial charge is 0.160 e. The van der Waals surface area contributed by atoms with Crippen LogP contribution in [0.25, 0.3) is 22.0 Å². The van der Waals surface area contributed by atoms with Gasteiger partial charge in [-0.25, -0.2) is 9.37 Å². The Morgan fingerprint density at radius 2 is 1.65 bits per heavy atom. The van der Waals surface area contributed by atoms with Gasteiger partial charge in [-0.15, -0.1) is 6.42 Å². The molecule has 2 atom stereocenters. The highest BCUT2D eigenvalue weighted by molar-refractivity contribution is 6.08. The lowest BCUT2D eigenvalue weighted by Crippen LogP contribution is -2.35. The summed E-state index contributed by atoms with van der Waals surface area (Å²) in [5.74, 6) is 4.70. The number of unbranched alkanes of at least 4 members (excludes halogenated alkanes) is 1. The number of pyridine rings is 1. The number of terminal acetylenes is 1. The van der Waals surface area contributed by atoms with Crippen molar-refractivity contribution < 1.29 is 9.18 Å². The first-order valence-electron chi connectivity index (χ1n) is 19.3. The SMILES string of the molecule is C#Cc1ccc(-c2ccc3nc(N4CCCC(c5ccc(C(C)(C)F)cc5)C4)cc(C(C)=O)c3c2)cc1.CC.CCCCC(C)CN(CC)CC. The summed E-state index contributed by atoms with van der Waals surface area (Å²) in [4.78, 5) is 22.5. The lowest BCUT2D eigenvalue weighted by molar-refractivity contribution is 0.101. The number of rotatable bonds is 12. The second-order valence-corrected chi connectivity index (χ2v) is 14.2. The van der Waals surface area contributed by atoms with Gasteiger partial charge in [0.05, 0.1) is 5.52 Å². The maximum absolute atomic E-state index is 14.3. The molecule has 0 N–H and O–H groups in total. The van der Waals surface area contributed by atoms with Gasteiger partial charge < -0.3 is 9.80 Å². The second-order valence-electron chi connectivity index (χ2n) is 14.2. The topological polar surface area (TPSA) is 36.4 Å². The molecule has 274 valence electrons. The third kappa shape index (κ3) is 11.8. The molecule has 0 saturated carbocycles. The maximum Gasteiger partial charge on any atom is 0.160 e. The van der Waals surface area contributed by atoms with E-state index in [4.69, 9.17) is 11.4 Å². The lowest BCUT2D eigenvalue weighted by Gasteiger charge is -2.34. The molecule has 1 aromatic heterocycles. The van der Waals surface area contributed by atoms with Crippen molar-refractivity contribution in [3.05, 3.63) is 95.1 Å². The highest BCUT2D eigenvalue weighted by atomic mass is 19.1. The molecule has 0 bridgehead atoms. The van der Waals surface area contributed by atoms with E-state index in [2.05, 4.69) is 55.5 Å². The van der Waals surface area contributed by atoms with E-state index in [-0.39, 0.29) is 5.78 Å². The molecule has 1 aliphatic rings. The van der Waals surface area contributed by atoms with Gasteiger partial charge in [-0.05, 0) is 112 Å². The first kappa shape index (κ1) is 41.4. The Morgan fingerprint density at radius 1 is 1.00 bits per heavy atom. The summed E-state index contributed by atoms with van der Waals surface area (Å²) >= 11 is 0. The highest BCUT2D eigenvalue weighted by Gasteiger charge is 2.25. The fourth-order valence-corrected chi connectivity index (χ4v) is 6.78. The molecule has 1 saturated heterocycles. The zero-order chi connectivity index (χ0) is 37.6. The third-order valence-corrected chi connectivity index (χ3v) is 9.89. The van der Waals surface area contributed by atoms with Crippen molar-refractivity contribution in [2.45, 2.75) is 106 Å². The molecule has 4 nitrogen and oxygen atoms in total. The zero-order valence-corrected chi connectivity index (χ0v) is 32.9. The van der Waals surface area contributed by atoms with Gasteiger partial charge in [0.2, 0.25) is 0 Å². The number of carbonyl (C=O) groups is 1. The fourth-order valence-electron chi connectivity index (χ4n) is 6.78. The number of benzene rings is 3. The van der Waals surface area contributed by atoms with Crippen molar-refractivity contribution >= 4 is 22.5 Å². The molecule has 0 amide bonds. The number of ketones is 1. The van der Waals surface area contributed by atoms with Gasteiger partial charge >= 0.3 is 0 Å². The quantitative estimate of drug-likeness (QED) is 0.109. The second kappa shape index (κ2) is 20.1. The Morgan fingerprint density at radius 3 is 2.22 bits per heavy atom. The van der Waals surface area contributed by atoms with Gasteiger partial charge in [0, 0.05) is 42.1 Å². The van der Waals surface area contributed by atoms with Crippen LogP contribution < -0.4 is 4.90 Å². The van der Waals surface area contributed by atoms with E-state index in [0.29, 0.717) is 17.0 Å². The number of piperidine rings is 1. The van der Waals surface area contributed by atoms with Gasteiger partial charge in [-0.3, -0.25) is 4.79 Å². The number of carbonyl (C=O) groups excluding carboxylic acids is 1. The molecular weight excluding hydrogens is 630 g/mol. The number of Topliss-reactive ketones (excluding diaryl/α,β-unsaturated/α-hetero) is 1. The molecule has 3 aromatic carbocycles. The van der Waals surface area contributed by atoms with Crippen molar-refractivity contribution in [3.63, 3.8) is 0 Å². The molecule has 5 heteroatoms. The normalized spacial score (nSPS) is 14.9. The van der Waals surface area contributed by atoms with Crippen LogP contribution >= 0.6 is 0 Å². The third-order valence-electron chi connectivity index (χ3n) is 9.89. The Bertz CT molecular complexity index is 1690. The molecule has 1 fully saturated rings. The molecule has 1 aliphatic heterocycles. The van der Waals surface area contributed by atoms with E-state index in [1.807, 2.05) is 74.5 Å². The monoisotopic (exact) mass is 691 g/mol. The van der Waals surface area contributed by atoms with E-state index in [1.54, 1.807) is 20.8 Å². The molecule has 0 spiro atoms. The maximum atomic E-state index is 14.3. The largest absolute Gasteiger partial charge is 0.356 e. The minimum atomic E-state index is -1.35. The van der Waals surface area contributed by atoms with Crippen molar-refractivity contribution in [1.82, 2.24) is 9.88 Å². The van der Waals surface area contributed by atoms with Crippen LogP contribution in [0, 0.1) is 18.3 Å². The Balaban J connectivity index is 0.000000428. The number of fused-ring (bicyclic) bond motifs is 1. The number of alkyl halides is 1. The number of hydrogen-bond acceptors (Lipinski definition) is 4. The predicted octanol–water partition coefficient (Wildman–Crippen LogP) is 11.9.